The smallest absolute Gasteiger partial charge is 0.338 e. The average molecular weight is 291 g/mol. The zero-order chi connectivity index (χ0) is 14.7. The Balaban J connectivity index is 2.16. The Morgan fingerprint density at radius 1 is 1.25 bits per heavy atom. The highest BCUT2D eigenvalue weighted by Crippen LogP contribution is 2.21. The summed E-state index contributed by atoms with van der Waals surface area (Å²) < 4.78 is 0. The fourth-order valence-electron chi connectivity index (χ4n) is 1.72. The van der Waals surface area contributed by atoms with Crippen LogP contribution in [0.15, 0.2) is 24.4 Å². The van der Waals surface area contributed by atoms with Crippen molar-refractivity contribution in [3.8, 4) is 0 Å². The molecule has 0 saturated carbocycles. The monoisotopic (exact) mass is 291 g/mol. The Morgan fingerprint density at radius 3 is 2.60 bits per heavy atom. The second-order valence-electron chi connectivity index (χ2n) is 4.16. The molecule has 104 valence electrons. The van der Waals surface area contributed by atoms with Gasteiger partial charge in [-0.2, -0.15) is 0 Å². The average Bonchev–Trinajstić information content (AvgIpc) is 2.74. The lowest BCUT2D eigenvalue weighted by molar-refractivity contribution is 0.0697. The summed E-state index contributed by atoms with van der Waals surface area (Å²) in [6, 6.07) is 4.39. The third-order valence-corrected chi connectivity index (χ3v) is 3.40. The van der Waals surface area contributed by atoms with E-state index in [-0.39, 0.29) is 11.3 Å². The maximum absolute atomic E-state index is 11.8. The number of urea groups is 1. The van der Waals surface area contributed by atoms with Crippen molar-refractivity contribution in [2.24, 2.45) is 0 Å². The van der Waals surface area contributed by atoms with Crippen LogP contribution in [0.4, 0.5) is 15.6 Å². The minimum atomic E-state index is -1.08. The van der Waals surface area contributed by atoms with Crippen LogP contribution in [0.1, 0.15) is 20.8 Å². The molecule has 3 N–H and O–H groups in total. The number of anilines is 2. The number of benzene rings is 1. The van der Waals surface area contributed by atoms with E-state index in [0.717, 1.165) is 4.88 Å². The first-order valence-electron chi connectivity index (χ1n) is 5.80. The van der Waals surface area contributed by atoms with Gasteiger partial charge in [-0.3, -0.25) is 5.32 Å². The van der Waals surface area contributed by atoms with Crippen LogP contribution < -0.4 is 10.6 Å². The van der Waals surface area contributed by atoms with E-state index in [1.54, 1.807) is 31.3 Å². The third kappa shape index (κ3) is 3.12. The number of hydrogen-bond acceptors (Lipinski definition) is 4. The molecule has 0 aliphatic rings. The van der Waals surface area contributed by atoms with E-state index in [1.807, 2.05) is 6.92 Å². The molecule has 20 heavy (non-hydrogen) atoms. The number of rotatable bonds is 3. The molecule has 0 saturated heterocycles. The van der Waals surface area contributed by atoms with Gasteiger partial charge in [-0.05, 0) is 25.5 Å². The van der Waals surface area contributed by atoms with Crippen LogP contribution in [0.2, 0.25) is 0 Å². The van der Waals surface area contributed by atoms with Crippen LogP contribution in [0.25, 0.3) is 0 Å². The maximum atomic E-state index is 11.8. The first kappa shape index (κ1) is 14.0. The summed E-state index contributed by atoms with van der Waals surface area (Å²) in [5.74, 6) is -1.08. The molecule has 0 spiro atoms. The van der Waals surface area contributed by atoms with E-state index < -0.39 is 12.0 Å². The Morgan fingerprint density at radius 2 is 2.00 bits per heavy atom. The van der Waals surface area contributed by atoms with Crippen molar-refractivity contribution >= 4 is 34.2 Å². The van der Waals surface area contributed by atoms with Gasteiger partial charge in [0.05, 0.1) is 11.3 Å². The fourth-order valence-corrected chi connectivity index (χ4v) is 2.38. The highest BCUT2D eigenvalue weighted by molar-refractivity contribution is 7.15. The van der Waals surface area contributed by atoms with Crippen LogP contribution in [0, 0.1) is 13.8 Å². The van der Waals surface area contributed by atoms with Crippen molar-refractivity contribution < 1.29 is 14.7 Å². The highest BCUT2D eigenvalue weighted by Gasteiger charge is 2.15. The molecule has 2 aromatic rings. The molecule has 1 aromatic carbocycles. The number of carboxylic acids is 1. The molecule has 0 unspecified atom stereocenters. The summed E-state index contributed by atoms with van der Waals surface area (Å²) >= 11 is 1.34. The Hall–Kier alpha value is -2.41. The first-order chi connectivity index (χ1) is 9.47. The van der Waals surface area contributed by atoms with Crippen molar-refractivity contribution in [2.75, 3.05) is 10.6 Å². The van der Waals surface area contributed by atoms with E-state index in [1.165, 1.54) is 11.3 Å². The van der Waals surface area contributed by atoms with Gasteiger partial charge in [0.25, 0.3) is 0 Å². The van der Waals surface area contributed by atoms with Crippen LogP contribution in [-0.2, 0) is 0 Å². The third-order valence-electron chi connectivity index (χ3n) is 2.58. The summed E-state index contributed by atoms with van der Waals surface area (Å²) in [5, 5.41) is 14.7. The Bertz CT molecular complexity index is 667. The molecule has 2 rings (SSSR count). The number of thiazole rings is 1. The molecule has 1 heterocycles. The second kappa shape index (κ2) is 5.70. The minimum absolute atomic E-state index is 0.0815. The van der Waals surface area contributed by atoms with E-state index in [4.69, 9.17) is 0 Å². The molecular weight excluding hydrogens is 278 g/mol. The van der Waals surface area contributed by atoms with Gasteiger partial charge in [-0.15, -0.1) is 11.3 Å². The second-order valence-corrected chi connectivity index (χ2v) is 5.39. The Kier molecular flexibility index (Phi) is 3.99. The summed E-state index contributed by atoms with van der Waals surface area (Å²) in [7, 11) is 0. The molecule has 1 aromatic heterocycles. The van der Waals surface area contributed by atoms with Gasteiger partial charge in [0.1, 0.15) is 0 Å². The molecule has 0 fully saturated rings. The maximum Gasteiger partial charge on any atom is 0.338 e. The zero-order valence-electron chi connectivity index (χ0n) is 10.9. The lowest BCUT2D eigenvalue weighted by atomic mass is 10.1. The van der Waals surface area contributed by atoms with Crippen LogP contribution in [-0.4, -0.2) is 22.1 Å². The molecule has 0 aliphatic carbocycles. The predicted molar refractivity (Wildman–Crippen MR) is 77.6 cm³/mol. The number of carbonyl (C=O) groups is 2. The fraction of sp³-hybridized carbons (Fsp3) is 0.154. The van der Waals surface area contributed by atoms with E-state index in [2.05, 4.69) is 15.6 Å². The van der Waals surface area contributed by atoms with Crippen molar-refractivity contribution in [1.82, 2.24) is 4.98 Å². The molecule has 0 atom stereocenters. The summed E-state index contributed by atoms with van der Waals surface area (Å²) in [4.78, 5) is 28.0. The number of amides is 2. The number of aryl methyl sites for hydroxylation is 2. The van der Waals surface area contributed by atoms with Crippen molar-refractivity contribution in [3.63, 3.8) is 0 Å². The van der Waals surface area contributed by atoms with Crippen molar-refractivity contribution in [2.45, 2.75) is 13.8 Å². The topological polar surface area (TPSA) is 91.3 Å². The molecular formula is C13H13N3O3S. The number of hydrogen-bond donors (Lipinski definition) is 3. The number of carboxylic acid groups (broad SMARTS) is 1. The summed E-state index contributed by atoms with van der Waals surface area (Å²) in [6.45, 7) is 3.56. The normalized spacial score (nSPS) is 10.1. The zero-order valence-corrected chi connectivity index (χ0v) is 11.7. The number of aromatic nitrogens is 1. The van der Waals surface area contributed by atoms with Gasteiger partial charge in [0.2, 0.25) is 0 Å². The molecule has 0 radical (unpaired) electrons. The van der Waals surface area contributed by atoms with Gasteiger partial charge in [-0.1, -0.05) is 12.1 Å². The van der Waals surface area contributed by atoms with Crippen LogP contribution in [0.3, 0.4) is 0 Å². The minimum Gasteiger partial charge on any atom is -0.478 e. The lowest BCUT2D eigenvalue weighted by Gasteiger charge is -2.10. The Labute approximate surface area is 119 Å². The number of nitrogens with zero attached hydrogens (tertiary/aromatic N) is 1. The quantitative estimate of drug-likeness (QED) is 0.810. The van der Waals surface area contributed by atoms with Crippen LogP contribution in [0.5, 0.6) is 0 Å². The van der Waals surface area contributed by atoms with Crippen molar-refractivity contribution in [3.05, 3.63) is 40.4 Å². The molecule has 6 nitrogen and oxygen atoms in total. The first-order valence-corrected chi connectivity index (χ1v) is 6.62. The van der Waals surface area contributed by atoms with Gasteiger partial charge < -0.3 is 10.4 Å². The number of carbonyl (C=O) groups excluding carboxylic acids is 1. The predicted octanol–water partition coefficient (Wildman–Crippen LogP) is 3.10. The van der Waals surface area contributed by atoms with E-state index in [0.29, 0.717) is 10.7 Å². The largest absolute Gasteiger partial charge is 0.478 e. The van der Waals surface area contributed by atoms with Gasteiger partial charge in [0.15, 0.2) is 5.13 Å². The van der Waals surface area contributed by atoms with Gasteiger partial charge >= 0.3 is 12.0 Å². The number of nitrogens with one attached hydrogen (secondary N) is 2. The van der Waals surface area contributed by atoms with Crippen molar-refractivity contribution in [1.29, 1.82) is 0 Å². The standard InChI is InChI=1S/C13H13N3O3S/c1-7-4-3-5-9(10(7)11(17)18)15-12(19)16-13-14-6-8(2)20-13/h3-6H,1-2H3,(H,17,18)(H2,14,15,16,19). The van der Waals surface area contributed by atoms with Gasteiger partial charge in [0, 0.05) is 11.1 Å². The molecule has 7 heteroatoms. The summed E-state index contributed by atoms with van der Waals surface area (Å²) in [6.07, 6.45) is 1.65. The summed E-state index contributed by atoms with van der Waals surface area (Å²) in [5.41, 5.74) is 0.918. The highest BCUT2D eigenvalue weighted by atomic mass is 32.1. The van der Waals surface area contributed by atoms with Crippen LogP contribution >= 0.6 is 11.3 Å². The van der Waals surface area contributed by atoms with E-state index in [9.17, 15) is 14.7 Å². The van der Waals surface area contributed by atoms with E-state index >= 15 is 0 Å². The molecule has 0 bridgehead atoms. The lowest BCUT2D eigenvalue weighted by Crippen LogP contribution is -2.21. The molecule has 0 aliphatic heterocycles. The van der Waals surface area contributed by atoms with Gasteiger partial charge in [-0.25, -0.2) is 14.6 Å². The number of aromatic carboxylic acids is 1. The SMILES string of the molecule is Cc1cnc(NC(=O)Nc2cccc(C)c2C(=O)O)s1. The molecule has 2 amide bonds.